The highest BCUT2D eigenvalue weighted by Gasteiger charge is 2.23. The van der Waals surface area contributed by atoms with Gasteiger partial charge in [-0.25, -0.2) is 13.6 Å². The molecular weight excluding hydrogens is 310 g/mol. The minimum absolute atomic E-state index is 0.0248. The van der Waals surface area contributed by atoms with E-state index in [9.17, 15) is 8.78 Å². The Hall–Kier alpha value is -2.63. The van der Waals surface area contributed by atoms with Gasteiger partial charge in [-0.2, -0.15) is 5.26 Å². The highest BCUT2D eigenvalue weighted by molar-refractivity contribution is 6.32. The van der Waals surface area contributed by atoms with Gasteiger partial charge in [-0.3, -0.25) is 0 Å². The molecule has 0 saturated carbocycles. The van der Waals surface area contributed by atoms with Crippen LogP contribution in [0.15, 0.2) is 24.3 Å². The molecule has 0 amide bonds. The maximum absolute atomic E-state index is 14.0. The molecule has 0 aliphatic rings. The van der Waals surface area contributed by atoms with E-state index in [2.05, 4.69) is 4.85 Å². The first-order chi connectivity index (χ1) is 10.5. The molecule has 0 atom stereocenters. The molecule has 110 valence electrons. The van der Waals surface area contributed by atoms with Gasteiger partial charge >= 0.3 is 0 Å². The van der Waals surface area contributed by atoms with Crippen LogP contribution in [-0.4, -0.2) is 7.11 Å². The lowest BCUT2D eigenvalue weighted by molar-refractivity contribution is 0.414. The molecule has 0 aliphatic carbocycles. The molecule has 0 unspecified atom stereocenters. The van der Waals surface area contributed by atoms with Crippen molar-refractivity contribution in [2.45, 2.75) is 6.42 Å². The molecule has 0 fully saturated rings. The zero-order valence-corrected chi connectivity index (χ0v) is 12.2. The maximum atomic E-state index is 14.0. The van der Waals surface area contributed by atoms with Gasteiger partial charge in [0, 0.05) is 6.42 Å². The van der Waals surface area contributed by atoms with Crippen LogP contribution in [0.25, 0.3) is 4.85 Å². The van der Waals surface area contributed by atoms with Crippen LogP contribution in [0.2, 0.25) is 5.02 Å². The highest BCUT2D eigenvalue weighted by atomic mass is 35.5. The number of methoxy groups -OCH3 is 1. The van der Waals surface area contributed by atoms with Crippen LogP contribution in [0, 0.1) is 29.5 Å². The van der Waals surface area contributed by atoms with Crippen molar-refractivity contribution in [3.63, 3.8) is 0 Å². The quantitative estimate of drug-likeness (QED) is 0.610. The lowest BCUT2D eigenvalue weighted by atomic mass is 9.98. The van der Waals surface area contributed by atoms with Crippen LogP contribution in [0.5, 0.6) is 5.75 Å². The third-order valence-electron chi connectivity index (χ3n) is 3.16. The summed E-state index contributed by atoms with van der Waals surface area (Å²) in [6, 6.07) is 8.44. The summed E-state index contributed by atoms with van der Waals surface area (Å²) in [6.07, 6.45) is 0.0673. The molecule has 0 spiro atoms. The SMILES string of the molecule is [C-]#[N+]c1c(F)c(Cl)c(Cc2ccc(OC)cc2)c(C#N)c1F. The third kappa shape index (κ3) is 2.72. The lowest BCUT2D eigenvalue weighted by Crippen LogP contribution is -2.01. The minimum atomic E-state index is -1.18. The fourth-order valence-corrected chi connectivity index (χ4v) is 2.27. The van der Waals surface area contributed by atoms with Gasteiger partial charge in [-0.15, -0.1) is 0 Å². The molecule has 0 bridgehead atoms. The Morgan fingerprint density at radius 1 is 1.27 bits per heavy atom. The van der Waals surface area contributed by atoms with E-state index >= 15 is 0 Å². The van der Waals surface area contributed by atoms with E-state index in [1.807, 2.05) is 0 Å². The summed E-state index contributed by atoms with van der Waals surface area (Å²) in [5.41, 5.74) is -0.543. The van der Waals surface area contributed by atoms with Crippen LogP contribution in [0.4, 0.5) is 14.5 Å². The van der Waals surface area contributed by atoms with E-state index in [1.54, 1.807) is 30.3 Å². The molecule has 0 radical (unpaired) electrons. The first-order valence-electron chi connectivity index (χ1n) is 6.13. The second-order valence-corrected chi connectivity index (χ2v) is 4.77. The summed E-state index contributed by atoms with van der Waals surface area (Å²) in [5, 5.41) is 8.70. The van der Waals surface area contributed by atoms with Crippen LogP contribution >= 0.6 is 11.6 Å². The second-order valence-electron chi connectivity index (χ2n) is 4.39. The molecule has 6 heteroatoms. The van der Waals surface area contributed by atoms with Crippen molar-refractivity contribution in [1.82, 2.24) is 0 Å². The van der Waals surface area contributed by atoms with Crippen LogP contribution in [0.1, 0.15) is 16.7 Å². The average molecular weight is 319 g/mol. The minimum Gasteiger partial charge on any atom is -0.497 e. The van der Waals surface area contributed by atoms with Gasteiger partial charge in [-0.1, -0.05) is 23.7 Å². The van der Waals surface area contributed by atoms with Crippen molar-refractivity contribution in [1.29, 1.82) is 5.26 Å². The summed E-state index contributed by atoms with van der Waals surface area (Å²) in [5.74, 6) is -1.68. The molecule has 2 aromatic carbocycles. The Balaban J connectivity index is 2.55. The molecule has 0 saturated heterocycles. The van der Waals surface area contributed by atoms with Crippen molar-refractivity contribution in [2.75, 3.05) is 7.11 Å². The highest BCUT2D eigenvalue weighted by Crippen LogP contribution is 2.36. The Morgan fingerprint density at radius 2 is 1.91 bits per heavy atom. The Morgan fingerprint density at radius 3 is 2.41 bits per heavy atom. The number of hydrogen-bond donors (Lipinski definition) is 0. The van der Waals surface area contributed by atoms with Gasteiger partial charge in [0.1, 0.15) is 11.8 Å². The second kappa shape index (κ2) is 6.43. The fourth-order valence-electron chi connectivity index (χ4n) is 2.02. The Bertz CT molecular complexity index is 805. The van der Waals surface area contributed by atoms with Crippen molar-refractivity contribution >= 4 is 17.3 Å². The molecule has 3 nitrogen and oxygen atoms in total. The molecule has 0 heterocycles. The van der Waals surface area contributed by atoms with Crippen molar-refractivity contribution in [3.8, 4) is 11.8 Å². The largest absolute Gasteiger partial charge is 0.497 e. The van der Waals surface area contributed by atoms with Gasteiger partial charge in [0.15, 0.2) is 11.6 Å². The molecule has 2 aromatic rings. The van der Waals surface area contributed by atoms with E-state index in [0.717, 1.165) is 0 Å². The molecule has 0 N–H and O–H groups in total. The van der Waals surface area contributed by atoms with E-state index in [-0.39, 0.29) is 12.0 Å². The van der Waals surface area contributed by atoms with E-state index in [1.165, 1.54) is 7.11 Å². The van der Waals surface area contributed by atoms with Gasteiger partial charge < -0.3 is 4.74 Å². The van der Waals surface area contributed by atoms with Gasteiger partial charge in [-0.05, 0) is 23.3 Å². The molecule has 2 rings (SSSR count). The third-order valence-corrected chi connectivity index (χ3v) is 3.55. The maximum Gasteiger partial charge on any atom is 0.259 e. The van der Waals surface area contributed by atoms with Gasteiger partial charge in [0.25, 0.3) is 5.69 Å². The Labute approximate surface area is 131 Å². The van der Waals surface area contributed by atoms with Gasteiger partial charge in [0.2, 0.25) is 0 Å². The summed E-state index contributed by atoms with van der Waals surface area (Å²) < 4.78 is 33.0. The lowest BCUT2D eigenvalue weighted by Gasteiger charge is -2.11. The number of nitriles is 1. The summed E-state index contributed by atoms with van der Waals surface area (Å²) in [6.45, 7) is 6.79. The zero-order chi connectivity index (χ0) is 16.3. The molecule has 0 aliphatic heterocycles. The van der Waals surface area contributed by atoms with Crippen LogP contribution in [-0.2, 0) is 6.42 Å². The predicted octanol–water partition coefficient (Wildman–Crippen LogP) is 4.64. The first kappa shape index (κ1) is 15.8. The number of nitrogens with zero attached hydrogens (tertiary/aromatic N) is 2. The van der Waals surface area contributed by atoms with Gasteiger partial charge in [0.05, 0.1) is 24.3 Å². The molecule has 22 heavy (non-hydrogen) atoms. The molecular formula is C16H9ClF2N2O. The number of benzene rings is 2. The number of hydrogen-bond acceptors (Lipinski definition) is 2. The molecule has 0 aromatic heterocycles. The van der Waals surface area contributed by atoms with Crippen LogP contribution in [0.3, 0.4) is 0 Å². The zero-order valence-electron chi connectivity index (χ0n) is 11.5. The van der Waals surface area contributed by atoms with Crippen molar-refractivity contribution < 1.29 is 13.5 Å². The summed E-state index contributed by atoms with van der Waals surface area (Å²) in [4.78, 5) is 2.76. The standard InChI is InChI=1S/C16H9ClF2N2O/c1-21-16-14(18)12(8-20)11(13(17)15(16)19)7-9-3-5-10(22-2)6-4-9/h3-6H,7H2,2H3. The van der Waals surface area contributed by atoms with Crippen molar-refractivity contribution in [2.24, 2.45) is 0 Å². The van der Waals surface area contributed by atoms with E-state index < -0.39 is 27.9 Å². The summed E-state index contributed by atoms with van der Waals surface area (Å²) >= 11 is 5.88. The number of halogens is 3. The van der Waals surface area contributed by atoms with Crippen molar-refractivity contribution in [3.05, 3.63) is 69.0 Å². The number of ether oxygens (including phenoxy) is 1. The smallest absolute Gasteiger partial charge is 0.259 e. The predicted molar refractivity (Wildman–Crippen MR) is 78.1 cm³/mol. The Kier molecular flexibility index (Phi) is 4.60. The van der Waals surface area contributed by atoms with E-state index in [0.29, 0.717) is 11.3 Å². The average Bonchev–Trinajstić information content (AvgIpc) is 2.54. The summed E-state index contributed by atoms with van der Waals surface area (Å²) in [7, 11) is 1.52. The normalized spacial score (nSPS) is 9.91. The topological polar surface area (TPSA) is 37.4 Å². The monoisotopic (exact) mass is 318 g/mol. The number of rotatable bonds is 3. The van der Waals surface area contributed by atoms with E-state index in [4.69, 9.17) is 28.2 Å². The first-order valence-corrected chi connectivity index (χ1v) is 6.51. The fraction of sp³-hybridized carbons (Fsp3) is 0.125. The van der Waals surface area contributed by atoms with Crippen LogP contribution < -0.4 is 4.74 Å².